The number of likely N-dealkylation sites (tertiary alicyclic amines) is 1. The quantitative estimate of drug-likeness (QED) is 0.313. The van der Waals surface area contributed by atoms with Crippen molar-refractivity contribution < 1.29 is 17.9 Å². The number of amides is 1. The Labute approximate surface area is 229 Å². The molecule has 3 aromatic carbocycles. The van der Waals surface area contributed by atoms with Crippen molar-refractivity contribution in [3.05, 3.63) is 86.3 Å². The second-order valence-corrected chi connectivity index (χ2v) is 11.8. The predicted molar refractivity (Wildman–Crippen MR) is 147 cm³/mol. The van der Waals surface area contributed by atoms with E-state index in [2.05, 4.69) is 20.7 Å². The van der Waals surface area contributed by atoms with Crippen molar-refractivity contribution in [1.82, 2.24) is 4.90 Å². The zero-order valence-electron chi connectivity index (χ0n) is 19.5. The van der Waals surface area contributed by atoms with E-state index in [9.17, 15) is 13.2 Å². The molecule has 1 aliphatic heterocycles. The highest BCUT2D eigenvalue weighted by atomic mass is 79.9. The molecule has 1 aliphatic rings. The second-order valence-electron chi connectivity index (χ2n) is 8.44. The number of piperidine rings is 1. The lowest BCUT2D eigenvalue weighted by Crippen LogP contribution is -2.38. The van der Waals surface area contributed by atoms with Gasteiger partial charge in [-0.1, -0.05) is 45.2 Å². The Kier molecular flexibility index (Phi) is 8.50. The van der Waals surface area contributed by atoms with Crippen LogP contribution in [-0.2, 0) is 10.0 Å². The van der Waals surface area contributed by atoms with Crippen LogP contribution in [0.15, 0.2) is 70.0 Å². The van der Waals surface area contributed by atoms with Gasteiger partial charge in [-0.15, -0.1) is 0 Å². The fraction of sp³-hybridized carbons (Fsp3) is 0.269. The van der Waals surface area contributed by atoms with E-state index in [0.717, 1.165) is 22.9 Å². The van der Waals surface area contributed by atoms with Crippen LogP contribution in [0.1, 0.15) is 41.6 Å². The first-order chi connectivity index (χ1) is 17.2. The summed E-state index contributed by atoms with van der Waals surface area (Å²) in [4.78, 5) is 15.0. The van der Waals surface area contributed by atoms with E-state index in [-0.39, 0.29) is 21.4 Å². The molecular formula is C26H25BrCl2N2O4S. The number of nitrogens with one attached hydrogen (secondary N) is 1. The van der Waals surface area contributed by atoms with Crippen molar-refractivity contribution in [2.45, 2.75) is 30.6 Å². The minimum absolute atomic E-state index is 0.0379. The third-order valence-corrected chi connectivity index (χ3v) is 8.71. The normalized spacial score (nSPS) is 14.5. The Morgan fingerprint density at radius 3 is 2.39 bits per heavy atom. The smallest absolute Gasteiger partial charge is 0.261 e. The zero-order chi connectivity index (χ0) is 25.9. The molecule has 0 unspecified atom stereocenters. The Bertz CT molecular complexity index is 1360. The second kappa shape index (κ2) is 11.4. The number of sulfonamides is 1. The van der Waals surface area contributed by atoms with Gasteiger partial charge >= 0.3 is 0 Å². The van der Waals surface area contributed by atoms with Crippen molar-refractivity contribution in [1.29, 1.82) is 0 Å². The number of carbonyl (C=O) groups is 1. The Morgan fingerprint density at radius 2 is 1.75 bits per heavy atom. The summed E-state index contributed by atoms with van der Waals surface area (Å²) in [6.45, 7) is 3.46. The van der Waals surface area contributed by atoms with Gasteiger partial charge in [0.05, 0.1) is 22.1 Å². The summed E-state index contributed by atoms with van der Waals surface area (Å²) in [6, 6.07) is 16.5. The molecule has 190 valence electrons. The Hall–Kier alpha value is -2.26. The highest BCUT2D eigenvalue weighted by Crippen LogP contribution is 2.35. The Morgan fingerprint density at radius 1 is 1.06 bits per heavy atom. The van der Waals surface area contributed by atoms with E-state index in [1.165, 1.54) is 18.2 Å². The number of nitrogens with zero attached hydrogens (tertiary/aromatic N) is 1. The van der Waals surface area contributed by atoms with Gasteiger partial charge in [0.1, 0.15) is 5.75 Å². The summed E-state index contributed by atoms with van der Waals surface area (Å²) in [6.07, 6.45) is 1.56. The number of carbonyl (C=O) groups excluding carboxylic acids is 1. The van der Waals surface area contributed by atoms with Gasteiger partial charge < -0.3 is 9.64 Å². The summed E-state index contributed by atoms with van der Waals surface area (Å²) in [5, 5.41) is 0.877. The molecule has 1 heterocycles. The van der Waals surface area contributed by atoms with Crippen LogP contribution in [0.25, 0.3) is 0 Å². The molecule has 3 aromatic rings. The molecule has 6 nitrogen and oxygen atoms in total. The molecule has 1 saturated heterocycles. The molecule has 4 rings (SSSR count). The fourth-order valence-electron chi connectivity index (χ4n) is 4.23. The molecule has 0 aliphatic carbocycles. The van der Waals surface area contributed by atoms with Gasteiger partial charge in [0, 0.05) is 28.3 Å². The molecule has 1 amide bonds. The topological polar surface area (TPSA) is 75.7 Å². The molecule has 0 radical (unpaired) electrons. The first kappa shape index (κ1) is 26.8. The number of halogens is 3. The largest absolute Gasteiger partial charge is 0.494 e. The van der Waals surface area contributed by atoms with E-state index in [1.54, 1.807) is 29.2 Å². The zero-order valence-corrected chi connectivity index (χ0v) is 23.4. The highest BCUT2D eigenvalue weighted by molar-refractivity contribution is 9.10. The molecule has 10 heteroatoms. The van der Waals surface area contributed by atoms with Crippen molar-refractivity contribution in [2.75, 3.05) is 24.4 Å². The lowest BCUT2D eigenvalue weighted by atomic mass is 9.89. The SMILES string of the molecule is CCOc1ccc(NS(=O)(=O)c2ccc(Cl)c(C(=O)N3CCC(c4ccc(Cl)cc4Br)CC3)c2)cc1. The van der Waals surface area contributed by atoms with Crippen molar-refractivity contribution in [3.8, 4) is 5.75 Å². The summed E-state index contributed by atoms with van der Waals surface area (Å²) < 4.78 is 34.9. The van der Waals surface area contributed by atoms with Gasteiger partial charge in [0.2, 0.25) is 0 Å². The lowest BCUT2D eigenvalue weighted by molar-refractivity contribution is 0.0713. The maximum Gasteiger partial charge on any atom is 0.261 e. The number of hydrogen-bond donors (Lipinski definition) is 1. The average molecular weight is 612 g/mol. The molecule has 0 atom stereocenters. The van der Waals surface area contributed by atoms with Crippen LogP contribution in [0.2, 0.25) is 10.0 Å². The van der Waals surface area contributed by atoms with Gasteiger partial charge in [-0.05, 0) is 85.8 Å². The van der Waals surface area contributed by atoms with Gasteiger partial charge in [-0.25, -0.2) is 8.42 Å². The van der Waals surface area contributed by atoms with Gasteiger partial charge in [0.25, 0.3) is 15.9 Å². The molecule has 0 aromatic heterocycles. The van der Waals surface area contributed by atoms with Crippen LogP contribution in [-0.4, -0.2) is 38.9 Å². The molecular weight excluding hydrogens is 587 g/mol. The van der Waals surface area contributed by atoms with Crippen LogP contribution in [0.5, 0.6) is 5.75 Å². The maximum absolute atomic E-state index is 13.3. The Balaban J connectivity index is 1.47. The predicted octanol–water partition coefficient (Wildman–Crippen LogP) is 6.98. The first-order valence-electron chi connectivity index (χ1n) is 11.5. The maximum atomic E-state index is 13.3. The number of benzene rings is 3. The lowest BCUT2D eigenvalue weighted by Gasteiger charge is -2.33. The number of rotatable bonds is 7. The summed E-state index contributed by atoms with van der Waals surface area (Å²) in [5.74, 6) is 0.653. The minimum Gasteiger partial charge on any atom is -0.494 e. The van der Waals surface area contributed by atoms with Gasteiger partial charge in [-0.2, -0.15) is 0 Å². The van der Waals surface area contributed by atoms with E-state index < -0.39 is 10.0 Å². The molecule has 36 heavy (non-hydrogen) atoms. The number of anilines is 1. The van der Waals surface area contributed by atoms with E-state index in [0.29, 0.717) is 42.1 Å². The van der Waals surface area contributed by atoms with Crippen LogP contribution in [0.4, 0.5) is 5.69 Å². The number of hydrogen-bond acceptors (Lipinski definition) is 4. The monoisotopic (exact) mass is 610 g/mol. The molecule has 1 N–H and O–H groups in total. The van der Waals surface area contributed by atoms with Gasteiger partial charge in [0.15, 0.2) is 0 Å². The van der Waals surface area contributed by atoms with Crippen LogP contribution < -0.4 is 9.46 Å². The summed E-state index contributed by atoms with van der Waals surface area (Å²) in [5.41, 5.74) is 1.71. The summed E-state index contributed by atoms with van der Waals surface area (Å²) in [7, 11) is -3.93. The van der Waals surface area contributed by atoms with Crippen LogP contribution >= 0.6 is 39.1 Å². The van der Waals surface area contributed by atoms with Crippen molar-refractivity contribution >= 4 is 60.7 Å². The minimum atomic E-state index is -3.93. The van der Waals surface area contributed by atoms with E-state index >= 15 is 0 Å². The standard InChI is InChI=1S/C26H25BrCl2N2O4S/c1-2-35-20-6-4-19(5-7-20)30-36(33,34)21-8-10-25(29)23(16-21)26(32)31-13-11-17(12-14-31)22-9-3-18(28)15-24(22)27/h3-10,15-17,30H,2,11-14H2,1H3. The molecule has 0 spiro atoms. The van der Waals surface area contributed by atoms with Crippen LogP contribution in [0, 0.1) is 0 Å². The van der Waals surface area contributed by atoms with E-state index in [4.69, 9.17) is 27.9 Å². The van der Waals surface area contributed by atoms with Crippen molar-refractivity contribution in [2.24, 2.45) is 0 Å². The molecule has 0 bridgehead atoms. The number of ether oxygens (including phenoxy) is 1. The third kappa shape index (κ3) is 6.17. The summed E-state index contributed by atoms with van der Waals surface area (Å²) >= 11 is 16.0. The van der Waals surface area contributed by atoms with Crippen LogP contribution in [0.3, 0.4) is 0 Å². The molecule has 1 fully saturated rings. The van der Waals surface area contributed by atoms with E-state index in [1.807, 2.05) is 25.1 Å². The third-order valence-electron chi connectivity index (χ3n) is 6.08. The average Bonchev–Trinajstić information content (AvgIpc) is 2.85. The first-order valence-corrected chi connectivity index (χ1v) is 14.5. The fourth-order valence-corrected chi connectivity index (χ4v) is 6.52. The highest BCUT2D eigenvalue weighted by Gasteiger charge is 2.28. The van der Waals surface area contributed by atoms with Crippen molar-refractivity contribution in [3.63, 3.8) is 0 Å². The molecule has 0 saturated carbocycles. The van der Waals surface area contributed by atoms with Gasteiger partial charge in [-0.3, -0.25) is 9.52 Å².